The number of hydrogen-bond acceptors (Lipinski definition) is 6. The number of aromatic nitrogens is 3. The monoisotopic (exact) mass is 371 g/mol. The number of ether oxygens (including phenoxy) is 1. The Morgan fingerprint density at radius 3 is 2.73 bits per heavy atom. The summed E-state index contributed by atoms with van der Waals surface area (Å²) in [7, 11) is 1.36. The Labute approximate surface area is 156 Å². The number of aryl methyl sites for hydroxylation is 2. The first-order chi connectivity index (χ1) is 12.5. The van der Waals surface area contributed by atoms with E-state index in [1.807, 2.05) is 12.1 Å². The summed E-state index contributed by atoms with van der Waals surface area (Å²) >= 11 is 1.53. The van der Waals surface area contributed by atoms with Gasteiger partial charge in [0.2, 0.25) is 0 Å². The summed E-state index contributed by atoms with van der Waals surface area (Å²) in [5, 5.41) is 9.54. The first-order valence-electron chi connectivity index (χ1n) is 8.34. The van der Waals surface area contributed by atoms with Gasteiger partial charge in [0.05, 0.1) is 12.9 Å². The molecule has 3 rings (SSSR count). The van der Waals surface area contributed by atoms with E-state index in [2.05, 4.69) is 40.7 Å². The second-order valence-electron chi connectivity index (χ2n) is 5.83. The number of methoxy groups -OCH3 is 1. The summed E-state index contributed by atoms with van der Waals surface area (Å²) in [5.74, 6) is 2.30. The summed E-state index contributed by atoms with van der Waals surface area (Å²) in [6.07, 6.45) is 0. The van der Waals surface area contributed by atoms with E-state index < -0.39 is 0 Å². The van der Waals surface area contributed by atoms with Crippen LogP contribution in [0.2, 0.25) is 0 Å². The van der Waals surface area contributed by atoms with Crippen molar-refractivity contribution in [2.45, 2.75) is 38.2 Å². The molecule has 0 N–H and O–H groups in total. The van der Waals surface area contributed by atoms with Gasteiger partial charge in [0.25, 0.3) is 0 Å². The SMILES string of the molecule is CCn1c(SCc2cc(C(=O)OC)c(C)o2)nnc1-c1ccccc1C. The number of carbonyl (C=O) groups excluding carboxylic acids is 1. The van der Waals surface area contributed by atoms with Gasteiger partial charge in [-0.15, -0.1) is 10.2 Å². The molecule has 0 bridgehead atoms. The van der Waals surface area contributed by atoms with E-state index >= 15 is 0 Å². The fourth-order valence-electron chi connectivity index (χ4n) is 2.77. The molecule has 0 aliphatic carbocycles. The van der Waals surface area contributed by atoms with E-state index in [1.165, 1.54) is 18.9 Å². The zero-order chi connectivity index (χ0) is 18.7. The number of carbonyl (C=O) groups is 1. The van der Waals surface area contributed by atoms with Gasteiger partial charge in [-0.3, -0.25) is 0 Å². The molecule has 0 saturated carbocycles. The molecule has 136 valence electrons. The zero-order valence-electron chi connectivity index (χ0n) is 15.3. The largest absolute Gasteiger partial charge is 0.465 e. The first-order valence-corrected chi connectivity index (χ1v) is 9.33. The van der Waals surface area contributed by atoms with Crippen LogP contribution in [0.25, 0.3) is 11.4 Å². The Morgan fingerprint density at radius 2 is 2.04 bits per heavy atom. The second kappa shape index (κ2) is 7.78. The van der Waals surface area contributed by atoms with Crippen LogP contribution in [0.1, 0.15) is 34.4 Å². The molecular weight excluding hydrogens is 350 g/mol. The van der Waals surface area contributed by atoms with Crippen LogP contribution in [-0.4, -0.2) is 27.8 Å². The van der Waals surface area contributed by atoms with E-state index in [1.54, 1.807) is 13.0 Å². The van der Waals surface area contributed by atoms with Crippen molar-refractivity contribution in [3.63, 3.8) is 0 Å². The number of rotatable bonds is 6. The number of nitrogens with zero attached hydrogens (tertiary/aromatic N) is 3. The van der Waals surface area contributed by atoms with Crippen LogP contribution < -0.4 is 0 Å². The molecule has 0 fully saturated rings. The molecule has 2 heterocycles. The number of benzene rings is 1. The molecule has 0 unspecified atom stereocenters. The molecule has 1 aromatic carbocycles. The zero-order valence-corrected chi connectivity index (χ0v) is 16.1. The van der Waals surface area contributed by atoms with Crippen molar-refractivity contribution >= 4 is 17.7 Å². The Morgan fingerprint density at radius 1 is 1.27 bits per heavy atom. The third-order valence-electron chi connectivity index (χ3n) is 4.14. The van der Waals surface area contributed by atoms with Gasteiger partial charge in [0.1, 0.15) is 17.1 Å². The van der Waals surface area contributed by atoms with Crippen LogP contribution in [0.15, 0.2) is 39.9 Å². The van der Waals surface area contributed by atoms with Gasteiger partial charge in [-0.25, -0.2) is 4.79 Å². The fourth-order valence-corrected chi connectivity index (χ4v) is 3.65. The molecule has 7 heteroatoms. The summed E-state index contributed by atoms with van der Waals surface area (Å²) in [5.41, 5.74) is 2.70. The van der Waals surface area contributed by atoms with E-state index in [-0.39, 0.29) is 5.97 Å². The smallest absolute Gasteiger partial charge is 0.341 e. The van der Waals surface area contributed by atoms with Crippen molar-refractivity contribution in [3.05, 3.63) is 53.0 Å². The standard InChI is InChI=1S/C19H21N3O3S/c1-5-22-17(15-9-7-6-8-12(15)2)20-21-19(22)26-11-14-10-16(13(3)25-14)18(23)24-4/h6-10H,5,11H2,1-4H3. The maximum Gasteiger partial charge on any atom is 0.341 e. The maximum atomic E-state index is 11.7. The predicted octanol–water partition coefficient (Wildman–Crippen LogP) is 4.25. The third-order valence-corrected chi connectivity index (χ3v) is 5.13. The van der Waals surface area contributed by atoms with Gasteiger partial charge < -0.3 is 13.7 Å². The molecular formula is C19H21N3O3S. The number of esters is 1. The highest BCUT2D eigenvalue weighted by atomic mass is 32.2. The van der Waals surface area contributed by atoms with Crippen LogP contribution in [-0.2, 0) is 17.0 Å². The summed E-state index contributed by atoms with van der Waals surface area (Å²) in [6.45, 7) is 6.66. The molecule has 3 aromatic rings. The first kappa shape index (κ1) is 18.3. The summed E-state index contributed by atoms with van der Waals surface area (Å²) in [4.78, 5) is 11.7. The molecule has 0 aliphatic heterocycles. The average molecular weight is 371 g/mol. The molecule has 2 aromatic heterocycles. The van der Waals surface area contributed by atoms with Crippen LogP contribution >= 0.6 is 11.8 Å². The Bertz CT molecular complexity index is 930. The molecule has 6 nitrogen and oxygen atoms in total. The maximum absolute atomic E-state index is 11.7. The van der Waals surface area contributed by atoms with Crippen molar-refractivity contribution in [2.24, 2.45) is 0 Å². The van der Waals surface area contributed by atoms with Crippen molar-refractivity contribution in [3.8, 4) is 11.4 Å². The van der Waals surface area contributed by atoms with Crippen molar-refractivity contribution in [1.82, 2.24) is 14.8 Å². The topological polar surface area (TPSA) is 70.2 Å². The number of thioether (sulfide) groups is 1. The predicted molar refractivity (Wildman–Crippen MR) is 100 cm³/mol. The second-order valence-corrected chi connectivity index (χ2v) is 6.77. The van der Waals surface area contributed by atoms with Crippen molar-refractivity contribution in [2.75, 3.05) is 7.11 Å². The average Bonchev–Trinajstić information content (AvgIpc) is 3.22. The van der Waals surface area contributed by atoms with Crippen molar-refractivity contribution in [1.29, 1.82) is 0 Å². The lowest BCUT2D eigenvalue weighted by Gasteiger charge is -2.08. The van der Waals surface area contributed by atoms with Crippen LogP contribution in [0.4, 0.5) is 0 Å². The molecule has 0 atom stereocenters. The number of furan rings is 1. The quantitative estimate of drug-likeness (QED) is 0.476. The van der Waals surface area contributed by atoms with E-state index in [9.17, 15) is 4.79 Å². The van der Waals surface area contributed by atoms with E-state index in [4.69, 9.17) is 9.15 Å². The van der Waals surface area contributed by atoms with Gasteiger partial charge in [0.15, 0.2) is 11.0 Å². The third kappa shape index (κ3) is 3.53. The molecule has 0 spiro atoms. The highest BCUT2D eigenvalue weighted by Gasteiger charge is 2.18. The van der Waals surface area contributed by atoms with E-state index in [0.717, 1.165) is 28.7 Å². The van der Waals surface area contributed by atoms with Crippen LogP contribution in [0.3, 0.4) is 0 Å². The van der Waals surface area contributed by atoms with Crippen molar-refractivity contribution < 1.29 is 13.9 Å². The molecule has 0 aliphatic rings. The molecule has 26 heavy (non-hydrogen) atoms. The van der Waals surface area contributed by atoms with Gasteiger partial charge in [-0.2, -0.15) is 0 Å². The highest BCUT2D eigenvalue weighted by Crippen LogP contribution is 2.29. The van der Waals surface area contributed by atoms with Gasteiger partial charge >= 0.3 is 5.97 Å². The minimum absolute atomic E-state index is 0.388. The van der Waals surface area contributed by atoms with Gasteiger partial charge in [0, 0.05) is 12.1 Å². The Hall–Kier alpha value is -2.54. The minimum Gasteiger partial charge on any atom is -0.465 e. The lowest BCUT2D eigenvalue weighted by molar-refractivity contribution is 0.0599. The van der Waals surface area contributed by atoms with Crippen LogP contribution in [0.5, 0.6) is 0 Å². The van der Waals surface area contributed by atoms with E-state index in [0.29, 0.717) is 22.8 Å². The van der Waals surface area contributed by atoms with Gasteiger partial charge in [-0.05, 0) is 32.4 Å². The number of hydrogen-bond donors (Lipinski definition) is 0. The fraction of sp³-hybridized carbons (Fsp3) is 0.316. The highest BCUT2D eigenvalue weighted by molar-refractivity contribution is 7.98. The molecule has 0 amide bonds. The summed E-state index contributed by atoms with van der Waals surface area (Å²) in [6, 6.07) is 9.86. The summed E-state index contributed by atoms with van der Waals surface area (Å²) < 4.78 is 12.5. The minimum atomic E-state index is -0.388. The lowest BCUT2D eigenvalue weighted by Crippen LogP contribution is -2.01. The molecule has 0 saturated heterocycles. The van der Waals surface area contributed by atoms with Crippen LogP contribution in [0, 0.1) is 13.8 Å². The Balaban J connectivity index is 1.81. The van der Waals surface area contributed by atoms with Gasteiger partial charge in [-0.1, -0.05) is 36.0 Å². The lowest BCUT2D eigenvalue weighted by atomic mass is 10.1. The Kier molecular flexibility index (Phi) is 5.46. The normalized spacial score (nSPS) is 10.9. The molecule has 0 radical (unpaired) electrons.